The molecular weight excluding hydrogens is 304 g/mol. The van der Waals surface area contributed by atoms with Gasteiger partial charge in [0.15, 0.2) is 0 Å². The van der Waals surface area contributed by atoms with E-state index in [-0.39, 0.29) is 6.03 Å². The van der Waals surface area contributed by atoms with Crippen LogP contribution in [0, 0.1) is 13.8 Å². The Morgan fingerprint density at radius 3 is 2.75 bits per heavy atom. The smallest absolute Gasteiger partial charge is 0.315 e. The van der Waals surface area contributed by atoms with Gasteiger partial charge in [0, 0.05) is 18.9 Å². The molecule has 126 valence electrons. The van der Waals surface area contributed by atoms with Gasteiger partial charge >= 0.3 is 6.03 Å². The molecule has 3 aromatic heterocycles. The Balaban J connectivity index is 1.54. The number of pyridine rings is 1. The first-order valence-corrected chi connectivity index (χ1v) is 8.03. The zero-order chi connectivity index (χ0) is 17.1. The molecule has 2 amide bonds. The highest BCUT2D eigenvalue weighted by Gasteiger charge is 2.08. The van der Waals surface area contributed by atoms with Gasteiger partial charge in [-0.3, -0.25) is 0 Å². The molecule has 0 atom stereocenters. The molecule has 0 aliphatic carbocycles. The lowest BCUT2D eigenvalue weighted by molar-refractivity contribution is 0.239. The van der Waals surface area contributed by atoms with Gasteiger partial charge < -0.3 is 19.6 Å². The molecule has 0 radical (unpaired) electrons. The third kappa shape index (κ3) is 3.40. The lowest BCUT2D eigenvalue weighted by atomic mass is 10.3. The molecule has 0 fully saturated rings. The second kappa shape index (κ2) is 6.74. The van der Waals surface area contributed by atoms with Crippen molar-refractivity contribution >= 4 is 11.7 Å². The van der Waals surface area contributed by atoms with Gasteiger partial charge in [0.05, 0.1) is 30.7 Å². The van der Waals surface area contributed by atoms with Crippen molar-refractivity contribution < 1.29 is 4.79 Å². The number of fused-ring (bicyclic) bond motifs is 1. The maximum atomic E-state index is 12.0. The maximum absolute atomic E-state index is 12.0. The molecule has 24 heavy (non-hydrogen) atoms. The summed E-state index contributed by atoms with van der Waals surface area (Å²) in [6, 6.07) is 3.77. The normalized spacial score (nSPS) is 11.0. The second-order valence-electron chi connectivity index (χ2n) is 5.78. The predicted octanol–water partition coefficient (Wildman–Crippen LogP) is 2.17. The Bertz CT molecular complexity index is 863. The second-order valence-corrected chi connectivity index (χ2v) is 5.78. The van der Waals surface area contributed by atoms with Gasteiger partial charge in [0.25, 0.3) is 0 Å². The number of carbonyl (C=O) groups is 1. The molecule has 7 nitrogen and oxygen atoms in total. The molecule has 0 aliphatic heterocycles. The largest absolute Gasteiger partial charge is 0.333 e. The molecule has 0 saturated carbocycles. The minimum atomic E-state index is -0.218. The maximum Gasteiger partial charge on any atom is 0.315 e. The molecule has 0 bridgehead atoms. The van der Waals surface area contributed by atoms with Crippen molar-refractivity contribution in [3.63, 3.8) is 0 Å². The molecule has 3 aromatic rings. The summed E-state index contributed by atoms with van der Waals surface area (Å²) in [5, 5.41) is 5.69. The van der Waals surface area contributed by atoms with Crippen molar-refractivity contribution in [2.75, 3.05) is 0 Å². The predicted molar refractivity (Wildman–Crippen MR) is 91.6 cm³/mol. The van der Waals surface area contributed by atoms with Crippen LogP contribution >= 0.6 is 0 Å². The number of rotatable bonds is 5. The Hall–Kier alpha value is -2.83. The molecular formula is C17H22N6O. The van der Waals surface area contributed by atoms with E-state index in [0.717, 1.165) is 29.4 Å². The summed E-state index contributed by atoms with van der Waals surface area (Å²) in [6.07, 6.45) is 5.74. The summed E-state index contributed by atoms with van der Waals surface area (Å²) >= 11 is 0. The highest BCUT2D eigenvalue weighted by atomic mass is 16.2. The quantitative estimate of drug-likeness (QED) is 0.754. The molecule has 0 aliphatic rings. The Kier molecular flexibility index (Phi) is 4.50. The highest BCUT2D eigenvalue weighted by molar-refractivity contribution is 5.73. The summed E-state index contributed by atoms with van der Waals surface area (Å²) in [7, 11) is 0. The fraction of sp³-hybridized carbons (Fsp3) is 0.353. The fourth-order valence-electron chi connectivity index (χ4n) is 2.73. The summed E-state index contributed by atoms with van der Waals surface area (Å²) in [6.45, 7) is 7.73. The number of carbonyl (C=O) groups excluding carboxylic acids is 1. The number of amides is 2. The SMILES string of the molecule is CCn1c(CNC(=O)NCc2cn3cc(C)ccc3n2)cnc1C. The van der Waals surface area contributed by atoms with E-state index in [1.165, 1.54) is 5.56 Å². The first kappa shape index (κ1) is 16.0. The number of urea groups is 1. The Morgan fingerprint density at radius 1 is 1.17 bits per heavy atom. The van der Waals surface area contributed by atoms with E-state index >= 15 is 0 Å². The lowest BCUT2D eigenvalue weighted by Crippen LogP contribution is -2.35. The molecule has 0 aromatic carbocycles. The van der Waals surface area contributed by atoms with Crippen LogP contribution in [0.3, 0.4) is 0 Å². The van der Waals surface area contributed by atoms with Crippen LogP contribution in [-0.2, 0) is 19.6 Å². The third-order valence-electron chi connectivity index (χ3n) is 3.96. The van der Waals surface area contributed by atoms with Crippen LogP contribution < -0.4 is 10.6 Å². The summed E-state index contributed by atoms with van der Waals surface area (Å²) in [5.41, 5.74) is 3.86. The number of nitrogens with one attached hydrogen (secondary N) is 2. The molecule has 3 rings (SSSR count). The number of hydrogen-bond acceptors (Lipinski definition) is 3. The third-order valence-corrected chi connectivity index (χ3v) is 3.96. The average molecular weight is 326 g/mol. The molecule has 2 N–H and O–H groups in total. The van der Waals surface area contributed by atoms with Crippen LogP contribution in [0.25, 0.3) is 5.65 Å². The van der Waals surface area contributed by atoms with Gasteiger partial charge in [-0.1, -0.05) is 6.07 Å². The van der Waals surface area contributed by atoms with Crippen LogP contribution in [0.1, 0.15) is 29.7 Å². The van der Waals surface area contributed by atoms with Gasteiger partial charge in [-0.15, -0.1) is 0 Å². The Morgan fingerprint density at radius 2 is 1.96 bits per heavy atom. The van der Waals surface area contributed by atoms with Crippen molar-refractivity contribution in [2.45, 2.75) is 40.4 Å². The van der Waals surface area contributed by atoms with Gasteiger partial charge in [0.2, 0.25) is 0 Å². The minimum Gasteiger partial charge on any atom is -0.333 e. The van der Waals surface area contributed by atoms with Crippen LogP contribution in [0.2, 0.25) is 0 Å². The topological polar surface area (TPSA) is 76.2 Å². The molecule has 0 saturated heterocycles. The van der Waals surface area contributed by atoms with Crippen molar-refractivity contribution in [2.24, 2.45) is 0 Å². The van der Waals surface area contributed by atoms with Crippen molar-refractivity contribution in [3.8, 4) is 0 Å². The van der Waals surface area contributed by atoms with Gasteiger partial charge in [-0.05, 0) is 32.4 Å². The van der Waals surface area contributed by atoms with Crippen LogP contribution in [0.4, 0.5) is 4.79 Å². The Labute approximate surface area is 140 Å². The van der Waals surface area contributed by atoms with Crippen LogP contribution in [0.5, 0.6) is 0 Å². The number of imidazole rings is 2. The van der Waals surface area contributed by atoms with E-state index in [1.807, 2.05) is 42.8 Å². The van der Waals surface area contributed by atoms with Crippen LogP contribution in [-0.4, -0.2) is 25.0 Å². The van der Waals surface area contributed by atoms with Gasteiger partial charge in [-0.25, -0.2) is 14.8 Å². The van der Waals surface area contributed by atoms with Crippen molar-refractivity contribution in [1.82, 2.24) is 29.6 Å². The number of aromatic nitrogens is 4. The van der Waals surface area contributed by atoms with Gasteiger partial charge in [-0.2, -0.15) is 0 Å². The molecule has 3 heterocycles. The minimum absolute atomic E-state index is 0.218. The molecule has 0 unspecified atom stereocenters. The highest BCUT2D eigenvalue weighted by Crippen LogP contribution is 2.07. The van der Waals surface area contributed by atoms with E-state index < -0.39 is 0 Å². The zero-order valence-electron chi connectivity index (χ0n) is 14.2. The van der Waals surface area contributed by atoms with Gasteiger partial charge in [0.1, 0.15) is 11.5 Å². The lowest BCUT2D eigenvalue weighted by Gasteiger charge is -2.09. The van der Waals surface area contributed by atoms with E-state index in [9.17, 15) is 4.79 Å². The zero-order valence-corrected chi connectivity index (χ0v) is 14.2. The number of nitrogens with zero attached hydrogens (tertiary/aromatic N) is 4. The summed E-state index contributed by atoms with van der Waals surface area (Å²) in [5.74, 6) is 0.953. The number of aryl methyl sites for hydroxylation is 2. The standard InChI is InChI=1S/C17H22N6O/c1-4-23-13(3)18-8-15(23)9-20-17(24)19-7-14-11-22-10-12(2)5-6-16(22)21-14/h5-6,8,10-11H,4,7,9H2,1-3H3,(H2,19,20,24). The van der Waals surface area contributed by atoms with E-state index in [1.54, 1.807) is 6.20 Å². The van der Waals surface area contributed by atoms with Crippen molar-refractivity contribution in [1.29, 1.82) is 0 Å². The molecule has 0 spiro atoms. The van der Waals surface area contributed by atoms with E-state index in [4.69, 9.17) is 0 Å². The summed E-state index contributed by atoms with van der Waals surface area (Å²) < 4.78 is 4.04. The fourth-order valence-corrected chi connectivity index (χ4v) is 2.73. The van der Waals surface area contributed by atoms with Crippen molar-refractivity contribution in [3.05, 3.63) is 53.5 Å². The summed E-state index contributed by atoms with van der Waals surface area (Å²) in [4.78, 5) is 20.7. The van der Waals surface area contributed by atoms with E-state index in [0.29, 0.717) is 13.1 Å². The average Bonchev–Trinajstić information content (AvgIpc) is 3.13. The number of hydrogen-bond donors (Lipinski definition) is 2. The first-order chi connectivity index (χ1) is 11.6. The van der Waals surface area contributed by atoms with E-state index in [2.05, 4.69) is 32.1 Å². The first-order valence-electron chi connectivity index (χ1n) is 8.03. The monoisotopic (exact) mass is 326 g/mol. The molecule has 7 heteroatoms. The van der Waals surface area contributed by atoms with Crippen LogP contribution in [0.15, 0.2) is 30.7 Å².